The monoisotopic (exact) mass is 179 g/mol. The average molecular weight is 179 g/mol. The second-order valence-corrected chi connectivity index (χ2v) is 4.79. The summed E-state index contributed by atoms with van der Waals surface area (Å²) in [6.07, 6.45) is 5.04. The van der Waals surface area contributed by atoms with Gasteiger partial charge in [-0.05, 0) is 30.6 Å². The third kappa shape index (κ3) is 2.46. The lowest BCUT2D eigenvalue weighted by atomic mass is 9.77. The van der Waals surface area contributed by atoms with Gasteiger partial charge >= 0.3 is 0 Å². The molecule has 1 rings (SSSR count). The van der Waals surface area contributed by atoms with Crippen LogP contribution in [0, 0.1) is 35.0 Å². The fraction of sp³-hybridized carbons (Fsp3) is 0.917. The molecular weight excluding hydrogens is 158 g/mol. The zero-order valence-electron chi connectivity index (χ0n) is 9.09. The molecule has 3 unspecified atom stereocenters. The summed E-state index contributed by atoms with van der Waals surface area (Å²) in [7, 11) is 0. The molecule has 0 bridgehead atoms. The lowest BCUT2D eigenvalue weighted by Gasteiger charge is -2.27. The van der Waals surface area contributed by atoms with E-state index in [1.54, 1.807) is 0 Å². The standard InChI is InChI=1S/C12H21N/c1-9(2)12-7-5-4-6-11(8-13)10(12)3/h9-12H,4-7H2,1-3H3. The molecule has 1 fully saturated rings. The van der Waals surface area contributed by atoms with E-state index in [1.807, 2.05) is 0 Å². The summed E-state index contributed by atoms with van der Waals surface area (Å²) in [5.74, 6) is 2.43. The van der Waals surface area contributed by atoms with Crippen LogP contribution < -0.4 is 0 Å². The number of hydrogen-bond acceptors (Lipinski definition) is 1. The van der Waals surface area contributed by atoms with Crippen LogP contribution in [0.5, 0.6) is 0 Å². The maximum atomic E-state index is 9.04. The second kappa shape index (κ2) is 4.65. The van der Waals surface area contributed by atoms with Crippen molar-refractivity contribution in [3.8, 4) is 6.07 Å². The second-order valence-electron chi connectivity index (χ2n) is 4.79. The van der Waals surface area contributed by atoms with Gasteiger partial charge in [-0.15, -0.1) is 0 Å². The Morgan fingerprint density at radius 3 is 2.38 bits per heavy atom. The first kappa shape index (κ1) is 10.6. The maximum absolute atomic E-state index is 9.04. The van der Waals surface area contributed by atoms with Crippen molar-refractivity contribution in [1.82, 2.24) is 0 Å². The summed E-state index contributed by atoms with van der Waals surface area (Å²) >= 11 is 0. The van der Waals surface area contributed by atoms with Gasteiger partial charge in [-0.25, -0.2) is 0 Å². The van der Waals surface area contributed by atoms with Crippen molar-refractivity contribution in [3.05, 3.63) is 0 Å². The van der Waals surface area contributed by atoms with Crippen LogP contribution in [0.3, 0.4) is 0 Å². The average Bonchev–Trinajstić information content (AvgIpc) is 2.26. The minimum atomic E-state index is 0.315. The van der Waals surface area contributed by atoms with Gasteiger partial charge in [-0.1, -0.05) is 33.6 Å². The molecule has 1 heteroatoms. The zero-order valence-corrected chi connectivity index (χ0v) is 9.09. The molecule has 1 aliphatic rings. The zero-order chi connectivity index (χ0) is 9.84. The molecule has 0 saturated heterocycles. The normalized spacial score (nSPS) is 35.5. The highest BCUT2D eigenvalue weighted by Gasteiger charge is 2.29. The fourth-order valence-electron chi connectivity index (χ4n) is 2.69. The van der Waals surface area contributed by atoms with Gasteiger partial charge < -0.3 is 0 Å². The summed E-state index contributed by atoms with van der Waals surface area (Å²) < 4.78 is 0. The van der Waals surface area contributed by atoms with Crippen LogP contribution in [0.4, 0.5) is 0 Å². The van der Waals surface area contributed by atoms with Crippen LogP contribution in [0.1, 0.15) is 46.5 Å². The third-order valence-electron chi connectivity index (χ3n) is 3.63. The van der Waals surface area contributed by atoms with Gasteiger partial charge in [0.2, 0.25) is 0 Å². The van der Waals surface area contributed by atoms with E-state index in [0.717, 1.165) is 18.3 Å². The van der Waals surface area contributed by atoms with E-state index in [9.17, 15) is 0 Å². The summed E-state index contributed by atoms with van der Waals surface area (Å²) in [6.45, 7) is 6.85. The molecule has 3 atom stereocenters. The number of hydrogen-bond donors (Lipinski definition) is 0. The van der Waals surface area contributed by atoms with Crippen LogP contribution in [0.15, 0.2) is 0 Å². The lowest BCUT2D eigenvalue weighted by Crippen LogP contribution is -2.22. The summed E-state index contributed by atoms with van der Waals surface area (Å²) in [6, 6.07) is 2.48. The minimum absolute atomic E-state index is 0.315. The number of nitriles is 1. The molecule has 13 heavy (non-hydrogen) atoms. The van der Waals surface area contributed by atoms with Crippen molar-refractivity contribution in [3.63, 3.8) is 0 Å². The molecule has 1 saturated carbocycles. The van der Waals surface area contributed by atoms with E-state index in [-0.39, 0.29) is 0 Å². The third-order valence-corrected chi connectivity index (χ3v) is 3.63. The van der Waals surface area contributed by atoms with E-state index < -0.39 is 0 Å². The maximum Gasteiger partial charge on any atom is 0.0658 e. The van der Waals surface area contributed by atoms with Crippen molar-refractivity contribution >= 4 is 0 Å². The first-order valence-electron chi connectivity index (χ1n) is 5.56. The molecule has 0 radical (unpaired) electrons. The van der Waals surface area contributed by atoms with Crippen molar-refractivity contribution < 1.29 is 0 Å². The molecule has 1 nitrogen and oxygen atoms in total. The van der Waals surface area contributed by atoms with E-state index in [2.05, 4.69) is 26.8 Å². The quantitative estimate of drug-likeness (QED) is 0.564. The van der Waals surface area contributed by atoms with Crippen LogP contribution in [0.2, 0.25) is 0 Å². The van der Waals surface area contributed by atoms with Crippen LogP contribution in [-0.2, 0) is 0 Å². The smallest absolute Gasteiger partial charge is 0.0658 e. The van der Waals surface area contributed by atoms with Crippen LogP contribution in [0.25, 0.3) is 0 Å². The van der Waals surface area contributed by atoms with Crippen molar-refractivity contribution in [1.29, 1.82) is 5.26 Å². The highest BCUT2D eigenvalue weighted by molar-refractivity contribution is 4.91. The van der Waals surface area contributed by atoms with Crippen molar-refractivity contribution in [2.24, 2.45) is 23.7 Å². The fourth-order valence-corrected chi connectivity index (χ4v) is 2.69. The largest absolute Gasteiger partial charge is 0.198 e. The van der Waals surface area contributed by atoms with Gasteiger partial charge in [0.1, 0.15) is 0 Å². The predicted octanol–water partition coefficient (Wildman–Crippen LogP) is 3.61. The Hall–Kier alpha value is -0.510. The first-order valence-corrected chi connectivity index (χ1v) is 5.56. The highest BCUT2D eigenvalue weighted by atomic mass is 14.4. The Kier molecular flexibility index (Phi) is 3.78. The molecule has 74 valence electrons. The van der Waals surface area contributed by atoms with Gasteiger partial charge in [0.15, 0.2) is 0 Å². The van der Waals surface area contributed by atoms with Crippen LogP contribution in [-0.4, -0.2) is 0 Å². The van der Waals surface area contributed by atoms with Gasteiger partial charge in [-0.3, -0.25) is 0 Å². The number of nitrogens with zero attached hydrogens (tertiary/aromatic N) is 1. The molecule has 0 aromatic heterocycles. The molecule has 0 heterocycles. The van der Waals surface area contributed by atoms with E-state index in [4.69, 9.17) is 5.26 Å². The summed E-state index contributed by atoms with van der Waals surface area (Å²) in [5.41, 5.74) is 0. The van der Waals surface area contributed by atoms with E-state index in [0.29, 0.717) is 11.8 Å². The Morgan fingerprint density at radius 2 is 1.85 bits per heavy atom. The van der Waals surface area contributed by atoms with Gasteiger partial charge in [-0.2, -0.15) is 5.26 Å². The Bertz CT molecular complexity index is 190. The Balaban J connectivity index is 2.68. The summed E-state index contributed by atoms with van der Waals surface area (Å²) in [4.78, 5) is 0. The van der Waals surface area contributed by atoms with Crippen molar-refractivity contribution in [2.75, 3.05) is 0 Å². The minimum Gasteiger partial charge on any atom is -0.198 e. The molecule has 0 aromatic carbocycles. The molecule has 0 spiro atoms. The van der Waals surface area contributed by atoms with E-state index >= 15 is 0 Å². The lowest BCUT2D eigenvalue weighted by molar-refractivity contribution is 0.225. The molecule has 0 amide bonds. The predicted molar refractivity (Wildman–Crippen MR) is 55.1 cm³/mol. The van der Waals surface area contributed by atoms with Gasteiger partial charge in [0, 0.05) is 5.92 Å². The van der Waals surface area contributed by atoms with Gasteiger partial charge in [0.25, 0.3) is 0 Å². The Morgan fingerprint density at radius 1 is 1.23 bits per heavy atom. The van der Waals surface area contributed by atoms with E-state index in [1.165, 1.54) is 19.3 Å². The molecular formula is C12H21N. The molecule has 1 aliphatic carbocycles. The molecule has 0 N–H and O–H groups in total. The van der Waals surface area contributed by atoms with Crippen molar-refractivity contribution in [2.45, 2.75) is 46.5 Å². The first-order chi connectivity index (χ1) is 6.16. The molecule has 0 aliphatic heterocycles. The highest BCUT2D eigenvalue weighted by Crippen LogP contribution is 2.36. The topological polar surface area (TPSA) is 23.8 Å². The van der Waals surface area contributed by atoms with Crippen LogP contribution >= 0.6 is 0 Å². The number of rotatable bonds is 1. The SMILES string of the molecule is CC(C)C1CCCCC(C#N)C1C. The summed E-state index contributed by atoms with van der Waals surface area (Å²) in [5, 5.41) is 9.04. The molecule has 0 aromatic rings. The Labute approximate surface area is 82.1 Å². The van der Waals surface area contributed by atoms with Gasteiger partial charge in [0.05, 0.1) is 6.07 Å².